The fraction of sp³-hybridized carbons (Fsp3) is 0.318. The number of anilines is 1. The van der Waals surface area contributed by atoms with E-state index in [9.17, 15) is 4.79 Å². The van der Waals surface area contributed by atoms with Crippen molar-refractivity contribution in [3.63, 3.8) is 0 Å². The second kappa shape index (κ2) is 6.87. The van der Waals surface area contributed by atoms with E-state index in [-0.39, 0.29) is 5.91 Å². The van der Waals surface area contributed by atoms with Gasteiger partial charge in [-0.1, -0.05) is 18.2 Å². The highest BCUT2D eigenvalue weighted by Gasteiger charge is 2.26. The van der Waals surface area contributed by atoms with Crippen molar-refractivity contribution < 1.29 is 4.79 Å². The number of rotatable bonds is 3. The summed E-state index contributed by atoms with van der Waals surface area (Å²) in [5, 5.41) is 1.32. The summed E-state index contributed by atoms with van der Waals surface area (Å²) in [5.74, 6) is 0.666. The fourth-order valence-corrected chi connectivity index (χ4v) is 3.91. The lowest BCUT2D eigenvalue weighted by Crippen LogP contribution is -2.37. The van der Waals surface area contributed by atoms with Gasteiger partial charge in [-0.15, -0.1) is 0 Å². The van der Waals surface area contributed by atoms with Crippen LogP contribution < -0.4 is 4.90 Å². The van der Waals surface area contributed by atoms with Crippen LogP contribution in [0, 0.1) is 0 Å². The average Bonchev–Trinajstić information content (AvgIpc) is 3.12. The lowest BCUT2D eigenvalue weighted by atomic mass is 9.89. The summed E-state index contributed by atoms with van der Waals surface area (Å²) in [7, 11) is 4.01. The summed E-state index contributed by atoms with van der Waals surface area (Å²) in [6, 6.07) is 16.3. The standard InChI is InChI=1S/C22H25N3O/c1-24(2)18-9-7-17(8-10-18)22(26)25-13-11-16(12-14-25)20-15-23-21-6-4-3-5-19(20)21/h3-10,15-16,23H,11-14H2,1-2H3. The highest BCUT2D eigenvalue weighted by Crippen LogP contribution is 2.33. The van der Waals surface area contributed by atoms with Gasteiger partial charge in [-0.05, 0) is 54.7 Å². The van der Waals surface area contributed by atoms with Gasteiger partial charge in [-0.2, -0.15) is 0 Å². The lowest BCUT2D eigenvalue weighted by Gasteiger charge is -2.32. The van der Waals surface area contributed by atoms with Crippen LogP contribution in [0.5, 0.6) is 0 Å². The van der Waals surface area contributed by atoms with Crippen molar-refractivity contribution in [2.45, 2.75) is 18.8 Å². The molecule has 1 fully saturated rings. The maximum absolute atomic E-state index is 12.8. The molecule has 4 nitrogen and oxygen atoms in total. The molecule has 3 aromatic rings. The summed E-state index contributed by atoms with van der Waals surface area (Å²) in [4.78, 5) is 20.2. The van der Waals surface area contributed by atoms with Crippen LogP contribution in [0.2, 0.25) is 0 Å². The van der Waals surface area contributed by atoms with E-state index in [0.29, 0.717) is 5.92 Å². The minimum absolute atomic E-state index is 0.146. The summed E-state index contributed by atoms with van der Waals surface area (Å²) < 4.78 is 0. The molecule has 1 aromatic heterocycles. The number of nitrogens with one attached hydrogen (secondary N) is 1. The molecule has 1 aliphatic heterocycles. The van der Waals surface area contributed by atoms with Gasteiger partial charge in [0.25, 0.3) is 5.91 Å². The maximum atomic E-state index is 12.8. The number of H-pyrrole nitrogens is 1. The van der Waals surface area contributed by atoms with E-state index in [0.717, 1.165) is 37.2 Å². The predicted molar refractivity (Wildman–Crippen MR) is 107 cm³/mol. The summed E-state index contributed by atoms with van der Waals surface area (Å²) in [6.45, 7) is 1.64. The molecule has 0 spiro atoms. The van der Waals surface area contributed by atoms with E-state index < -0.39 is 0 Å². The zero-order chi connectivity index (χ0) is 18.1. The van der Waals surface area contributed by atoms with E-state index in [1.165, 1.54) is 16.5 Å². The number of fused-ring (bicyclic) bond motifs is 1. The molecule has 26 heavy (non-hydrogen) atoms. The number of hydrogen-bond donors (Lipinski definition) is 1. The van der Waals surface area contributed by atoms with Crippen LogP contribution in [-0.2, 0) is 0 Å². The Morgan fingerprint density at radius 3 is 2.42 bits per heavy atom. The van der Waals surface area contributed by atoms with E-state index in [4.69, 9.17) is 0 Å². The molecule has 4 heteroatoms. The normalized spacial score (nSPS) is 15.4. The number of piperidine rings is 1. The number of benzene rings is 2. The molecule has 0 atom stereocenters. The summed E-state index contributed by atoms with van der Waals surface area (Å²) >= 11 is 0. The number of amides is 1. The number of para-hydroxylation sites is 1. The third kappa shape index (κ3) is 3.07. The maximum Gasteiger partial charge on any atom is 0.253 e. The number of nitrogens with zero attached hydrogens (tertiary/aromatic N) is 2. The molecule has 1 aliphatic rings. The van der Waals surface area contributed by atoms with E-state index >= 15 is 0 Å². The fourth-order valence-electron chi connectivity index (χ4n) is 3.91. The van der Waals surface area contributed by atoms with Gasteiger partial charge in [-0.25, -0.2) is 0 Å². The van der Waals surface area contributed by atoms with Crippen LogP contribution in [0.3, 0.4) is 0 Å². The Kier molecular flexibility index (Phi) is 4.41. The molecule has 0 unspecified atom stereocenters. The third-order valence-electron chi connectivity index (χ3n) is 5.47. The van der Waals surface area contributed by atoms with E-state index in [2.05, 4.69) is 35.4 Å². The summed E-state index contributed by atoms with van der Waals surface area (Å²) in [6.07, 6.45) is 4.18. The molecule has 2 aromatic carbocycles. The van der Waals surface area contributed by atoms with E-state index in [1.807, 2.05) is 48.2 Å². The Bertz CT molecular complexity index is 903. The molecule has 0 aliphatic carbocycles. The molecule has 4 rings (SSSR count). The van der Waals surface area contributed by atoms with Gasteiger partial charge in [-0.3, -0.25) is 4.79 Å². The second-order valence-electron chi connectivity index (χ2n) is 7.30. The van der Waals surface area contributed by atoms with Crippen LogP contribution in [0.25, 0.3) is 10.9 Å². The van der Waals surface area contributed by atoms with Crippen molar-refractivity contribution in [1.29, 1.82) is 0 Å². The van der Waals surface area contributed by atoms with Gasteiger partial charge in [0.05, 0.1) is 0 Å². The summed E-state index contributed by atoms with van der Waals surface area (Å²) in [5.41, 5.74) is 4.48. The number of likely N-dealkylation sites (tertiary alicyclic amines) is 1. The monoisotopic (exact) mass is 347 g/mol. The van der Waals surface area contributed by atoms with Crippen molar-refractivity contribution in [3.05, 3.63) is 65.9 Å². The van der Waals surface area contributed by atoms with Crippen molar-refractivity contribution in [3.8, 4) is 0 Å². The highest BCUT2D eigenvalue weighted by atomic mass is 16.2. The molecular weight excluding hydrogens is 322 g/mol. The van der Waals surface area contributed by atoms with Gasteiger partial charge in [0, 0.05) is 55.5 Å². The second-order valence-corrected chi connectivity index (χ2v) is 7.30. The van der Waals surface area contributed by atoms with Gasteiger partial charge < -0.3 is 14.8 Å². The van der Waals surface area contributed by atoms with Gasteiger partial charge >= 0.3 is 0 Å². The molecule has 2 heterocycles. The number of carbonyl (C=O) groups excluding carboxylic acids is 1. The zero-order valence-electron chi connectivity index (χ0n) is 15.4. The first kappa shape index (κ1) is 16.7. The first-order valence-corrected chi connectivity index (χ1v) is 9.26. The predicted octanol–water partition coefficient (Wildman–Crippen LogP) is 4.25. The molecular formula is C22H25N3O. The Hall–Kier alpha value is -2.75. The molecule has 1 N–H and O–H groups in total. The Morgan fingerprint density at radius 2 is 1.73 bits per heavy atom. The first-order valence-electron chi connectivity index (χ1n) is 9.26. The Labute approximate surface area is 154 Å². The Morgan fingerprint density at radius 1 is 1.04 bits per heavy atom. The van der Waals surface area contributed by atoms with Crippen LogP contribution >= 0.6 is 0 Å². The molecule has 1 amide bonds. The van der Waals surface area contributed by atoms with Crippen LogP contribution in [0.1, 0.15) is 34.7 Å². The minimum atomic E-state index is 0.146. The van der Waals surface area contributed by atoms with Gasteiger partial charge in [0.1, 0.15) is 0 Å². The largest absolute Gasteiger partial charge is 0.378 e. The van der Waals surface area contributed by atoms with Gasteiger partial charge in [0.15, 0.2) is 0 Å². The van der Waals surface area contributed by atoms with Crippen LogP contribution in [-0.4, -0.2) is 43.0 Å². The van der Waals surface area contributed by atoms with Gasteiger partial charge in [0.2, 0.25) is 0 Å². The Balaban J connectivity index is 1.44. The number of aromatic nitrogens is 1. The van der Waals surface area contributed by atoms with Crippen LogP contribution in [0.15, 0.2) is 54.7 Å². The van der Waals surface area contributed by atoms with E-state index in [1.54, 1.807) is 0 Å². The first-order chi connectivity index (χ1) is 12.6. The van der Waals surface area contributed by atoms with Crippen LogP contribution in [0.4, 0.5) is 5.69 Å². The number of carbonyl (C=O) groups is 1. The highest BCUT2D eigenvalue weighted by molar-refractivity contribution is 5.94. The lowest BCUT2D eigenvalue weighted by molar-refractivity contribution is 0.0713. The SMILES string of the molecule is CN(C)c1ccc(C(=O)N2CCC(c3c[nH]c4ccccc34)CC2)cc1. The van der Waals surface area contributed by atoms with Crippen molar-refractivity contribution in [1.82, 2.24) is 9.88 Å². The van der Waals surface area contributed by atoms with Crippen molar-refractivity contribution >= 4 is 22.5 Å². The molecule has 0 saturated carbocycles. The number of aromatic amines is 1. The molecule has 0 bridgehead atoms. The minimum Gasteiger partial charge on any atom is -0.378 e. The molecule has 1 saturated heterocycles. The molecule has 134 valence electrons. The zero-order valence-corrected chi connectivity index (χ0v) is 15.4. The average molecular weight is 347 g/mol. The third-order valence-corrected chi connectivity index (χ3v) is 5.47. The smallest absolute Gasteiger partial charge is 0.253 e. The topological polar surface area (TPSA) is 39.3 Å². The molecule has 0 radical (unpaired) electrons. The number of hydrogen-bond acceptors (Lipinski definition) is 2. The van der Waals surface area contributed by atoms with Crippen molar-refractivity contribution in [2.75, 3.05) is 32.1 Å². The van der Waals surface area contributed by atoms with Crippen molar-refractivity contribution in [2.24, 2.45) is 0 Å². The quantitative estimate of drug-likeness (QED) is 0.769.